The zero-order valence-electron chi connectivity index (χ0n) is 22.2. The van der Waals surface area contributed by atoms with Crippen LogP contribution in [0.3, 0.4) is 0 Å². The Labute approximate surface area is 239 Å². The lowest BCUT2D eigenvalue weighted by molar-refractivity contribution is -0.179. The number of rotatable bonds is 8. The summed E-state index contributed by atoms with van der Waals surface area (Å²) in [7, 11) is -7.55. The Morgan fingerprint density at radius 3 is 2.18 bits per heavy atom. The quantitative estimate of drug-likeness (QED) is 0.472. The highest BCUT2D eigenvalue weighted by atomic mass is 35.5. The molecule has 0 aliphatic carbocycles. The number of ether oxygens (including phenoxy) is 1. The summed E-state index contributed by atoms with van der Waals surface area (Å²) in [5.41, 5.74) is 1.20. The van der Waals surface area contributed by atoms with Gasteiger partial charge in [0.15, 0.2) is 9.84 Å². The van der Waals surface area contributed by atoms with Gasteiger partial charge < -0.3 is 9.64 Å². The van der Waals surface area contributed by atoms with Crippen molar-refractivity contribution in [1.29, 1.82) is 0 Å². The van der Waals surface area contributed by atoms with Crippen molar-refractivity contribution in [1.82, 2.24) is 9.62 Å². The number of sulfonamides is 1. The maximum Gasteiger partial charge on any atom is 0.253 e. The topological polar surface area (TPSA) is 127 Å². The Kier molecular flexibility index (Phi) is 9.44. The third-order valence-corrected chi connectivity index (χ3v) is 10.2. The van der Waals surface area contributed by atoms with Gasteiger partial charge >= 0.3 is 0 Å². The average molecular weight is 620 g/mol. The number of hydrogen-bond donors (Lipinski definition) is 1. The molecule has 214 valence electrons. The van der Waals surface area contributed by atoms with Crippen LogP contribution < -0.4 is 4.72 Å². The minimum absolute atomic E-state index is 0.350. The van der Waals surface area contributed by atoms with Crippen LogP contribution in [-0.4, -0.2) is 62.5 Å². The van der Waals surface area contributed by atoms with Gasteiger partial charge in [0.2, 0.25) is 15.9 Å². The van der Waals surface area contributed by atoms with Crippen LogP contribution in [0, 0.1) is 0 Å². The molecule has 3 rings (SSSR count). The molecule has 0 aromatic heterocycles. The standard InChI is InChI=1S/C26H32Cl2N2O7S2/c1-16(15-39(35,36)26(2,3)4)30-23(17-9-11-19(27)12-10-17)24(18-7-6-8-20(28)13-18)37-21(25(30)32)14-22(31)29-38(5,33)34/h6-13,16,21,23-24H,14-15H2,1-5H3,(H,29,31). The second-order valence-electron chi connectivity index (χ2n) is 10.6. The van der Waals surface area contributed by atoms with E-state index in [1.165, 1.54) is 4.90 Å². The Morgan fingerprint density at radius 1 is 1.03 bits per heavy atom. The first-order valence-corrected chi connectivity index (χ1v) is 16.4. The van der Waals surface area contributed by atoms with Gasteiger partial charge in [-0.1, -0.05) is 47.5 Å². The van der Waals surface area contributed by atoms with Crippen LogP contribution in [0.25, 0.3) is 0 Å². The van der Waals surface area contributed by atoms with E-state index in [0.29, 0.717) is 21.2 Å². The first-order chi connectivity index (χ1) is 17.9. The molecule has 4 atom stereocenters. The summed E-state index contributed by atoms with van der Waals surface area (Å²) in [5, 5.41) is 0.871. The molecule has 9 nitrogen and oxygen atoms in total. The molecular formula is C26H32Cl2N2O7S2. The molecule has 2 aromatic rings. The van der Waals surface area contributed by atoms with E-state index < -0.39 is 67.1 Å². The smallest absolute Gasteiger partial charge is 0.253 e. The molecule has 0 saturated carbocycles. The Balaban J connectivity index is 2.16. The average Bonchev–Trinajstić information content (AvgIpc) is 2.78. The highest BCUT2D eigenvalue weighted by molar-refractivity contribution is 7.92. The molecule has 1 heterocycles. The van der Waals surface area contributed by atoms with E-state index in [1.807, 2.05) is 4.72 Å². The maximum absolute atomic E-state index is 13.9. The molecule has 1 fully saturated rings. The fourth-order valence-corrected chi connectivity index (χ4v) is 6.51. The number of sulfone groups is 1. The molecule has 0 bridgehead atoms. The third kappa shape index (κ3) is 7.73. The maximum atomic E-state index is 13.9. The first-order valence-electron chi connectivity index (χ1n) is 12.1. The molecule has 4 unspecified atom stereocenters. The minimum atomic E-state index is -3.88. The number of halogens is 2. The second kappa shape index (κ2) is 11.7. The molecule has 1 saturated heterocycles. The fraction of sp³-hybridized carbons (Fsp3) is 0.462. The van der Waals surface area contributed by atoms with Crippen molar-refractivity contribution in [3.05, 3.63) is 69.7 Å². The molecule has 0 spiro atoms. The molecule has 2 amide bonds. The van der Waals surface area contributed by atoms with Gasteiger partial charge in [0, 0.05) is 16.1 Å². The van der Waals surface area contributed by atoms with Crippen molar-refractivity contribution in [2.24, 2.45) is 0 Å². The molecular weight excluding hydrogens is 587 g/mol. The molecule has 39 heavy (non-hydrogen) atoms. The van der Waals surface area contributed by atoms with Crippen molar-refractivity contribution in [3.63, 3.8) is 0 Å². The summed E-state index contributed by atoms with van der Waals surface area (Å²) < 4.78 is 56.6. The summed E-state index contributed by atoms with van der Waals surface area (Å²) in [4.78, 5) is 27.9. The van der Waals surface area contributed by atoms with Gasteiger partial charge in [-0.25, -0.2) is 16.8 Å². The number of amides is 2. The van der Waals surface area contributed by atoms with E-state index in [1.54, 1.807) is 76.2 Å². The van der Waals surface area contributed by atoms with Gasteiger partial charge in [-0.2, -0.15) is 0 Å². The van der Waals surface area contributed by atoms with Gasteiger partial charge in [0.05, 0.1) is 29.2 Å². The van der Waals surface area contributed by atoms with Crippen molar-refractivity contribution < 1.29 is 31.2 Å². The Hall–Kier alpha value is -2.18. The lowest BCUT2D eigenvalue weighted by atomic mass is 9.90. The van der Waals surface area contributed by atoms with Gasteiger partial charge in [-0.15, -0.1) is 0 Å². The summed E-state index contributed by atoms with van der Waals surface area (Å²) in [6, 6.07) is 11.9. The van der Waals surface area contributed by atoms with Crippen LogP contribution >= 0.6 is 23.2 Å². The molecule has 1 N–H and O–H groups in total. The highest BCUT2D eigenvalue weighted by Crippen LogP contribution is 2.44. The Morgan fingerprint density at radius 2 is 1.64 bits per heavy atom. The molecule has 1 aliphatic heterocycles. The van der Waals surface area contributed by atoms with E-state index in [-0.39, 0.29) is 5.75 Å². The predicted octanol–water partition coefficient (Wildman–Crippen LogP) is 4.07. The van der Waals surface area contributed by atoms with Crippen molar-refractivity contribution in [2.45, 2.75) is 63.2 Å². The number of nitrogens with one attached hydrogen (secondary N) is 1. The fourth-order valence-electron chi connectivity index (χ4n) is 4.39. The van der Waals surface area contributed by atoms with Crippen LogP contribution in [0.2, 0.25) is 10.0 Å². The second-order valence-corrected chi connectivity index (χ2v) is 16.0. The van der Waals surface area contributed by atoms with E-state index in [4.69, 9.17) is 27.9 Å². The summed E-state index contributed by atoms with van der Waals surface area (Å²) >= 11 is 12.4. The van der Waals surface area contributed by atoms with Crippen LogP contribution in [0.5, 0.6) is 0 Å². The SMILES string of the molecule is CC(CS(=O)(=O)C(C)(C)C)N1C(=O)C(CC(=O)NS(C)(=O)=O)OC(c2cccc(Cl)c2)C1c1ccc(Cl)cc1. The first kappa shape index (κ1) is 31.3. The number of hydrogen-bond acceptors (Lipinski definition) is 7. The number of morpholine rings is 1. The normalized spacial score (nSPS) is 21.5. The van der Waals surface area contributed by atoms with Crippen LogP contribution in [0.15, 0.2) is 48.5 Å². The third-order valence-electron chi connectivity index (χ3n) is 6.35. The van der Waals surface area contributed by atoms with E-state index in [0.717, 1.165) is 6.26 Å². The number of carbonyl (C=O) groups excluding carboxylic acids is 2. The van der Waals surface area contributed by atoms with E-state index in [9.17, 15) is 26.4 Å². The summed E-state index contributed by atoms with van der Waals surface area (Å²) in [6.07, 6.45) is -2.03. The zero-order chi connectivity index (χ0) is 29.3. The lowest BCUT2D eigenvalue weighted by Gasteiger charge is -2.47. The van der Waals surface area contributed by atoms with Gasteiger partial charge in [-0.05, 0) is 63.1 Å². The van der Waals surface area contributed by atoms with Crippen LogP contribution in [0.1, 0.15) is 57.4 Å². The summed E-state index contributed by atoms with van der Waals surface area (Å²) in [5.74, 6) is -1.93. The molecule has 2 aromatic carbocycles. The molecule has 1 aliphatic rings. The molecule has 0 radical (unpaired) electrons. The van der Waals surface area contributed by atoms with E-state index >= 15 is 0 Å². The minimum Gasteiger partial charge on any atom is -0.357 e. The van der Waals surface area contributed by atoms with Crippen molar-refractivity contribution >= 4 is 54.9 Å². The molecule has 13 heteroatoms. The van der Waals surface area contributed by atoms with Crippen LogP contribution in [0.4, 0.5) is 0 Å². The van der Waals surface area contributed by atoms with Crippen molar-refractivity contribution in [3.8, 4) is 0 Å². The number of carbonyl (C=O) groups is 2. The van der Waals surface area contributed by atoms with Gasteiger partial charge in [0.25, 0.3) is 5.91 Å². The monoisotopic (exact) mass is 618 g/mol. The van der Waals surface area contributed by atoms with E-state index in [2.05, 4.69) is 0 Å². The zero-order valence-corrected chi connectivity index (χ0v) is 25.4. The largest absolute Gasteiger partial charge is 0.357 e. The van der Waals surface area contributed by atoms with Crippen LogP contribution in [-0.2, 0) is 34.2 Å². The number of nitrogens with zero attached hydrogens (tertiary/aromatic N) is 1. The summed E-state index contributed by atoms with van der Waals surface area (Å²) in [6.45, 7) is 6.37. The van der Waals surface area contributed by atoms with Gasteiger partial charge in [-0.3, -0.25) is 14.3 Å². The Bertz CT molecular complexity index is 1440. The lowest BCUT2D eigenvalue weighted by Crippen LogP contribution is -2.57. The predicted molar refractivity (Wildman–Crippen MR) is 151 cm³/mol. The van der Waals surface area contributed by atoms with Crippen molar-refractivity contribution in [2.75, 3.05) is 12.0 Å². The number of benzene rings is 2. The van der Waals surface area contributed by atoms with Gasteiger partial charge in [0.1, 0.15) is 12.2 Å². The highest BCUT2D eigenvalue weighted by Gasteiger charge is 2.48.